The molecule has 0 aliphatic carbocycles. The molecule has 0 radical (unpaired) electrons. The molecule has 0 aliphatic heterocycles. The van der Waals surface area contributed by atoms with Crippen LogP contribution in [0.15, 0.2) is 12.2 Å². The molecule has 0 bridgehead atoms. The van der Waals surface area contributed by atoms with E-state index in [-0.39, 0.29) is 6.16 Å². The molecular weight excluding hydrogens is 281 g/mol. The molecule has 0 saturated carbocycles. The summed E-state index contributed by atoms with van der Waals surface area (Å²) in [4.78, 5) is 21.7. The van der Waals surface area contributed by atoms with Crippen LogP contribution in [0.4, 0.5) is 0 Å². The zero-order chi connectivity index (χ0) is 16.0. The van der Waals surface area contributed by atoms with Crippen molar-refractivity contribution in [2.24, 2.45) is 0 Å². The fraction of sp³-hybridized carbons (Fsp3) is 0.692. The predicted octanol–water partition coefficient (Wildman–Crippen LogP) is 0.619. The van der Waals surface area contributed by atoms with Crippen LogP contribution in [0.25, 0.3) is 0 Å². The molecule has 0 fully saturated rings. The number of carboxylic acid groups (broad SMARTS) is 1. The van der Waals surface area contributed by atoms with Crippen LogP contribution in [0.3, 0.4) is 0 Å². The zero-order valence-corrected chi connectivity index (χ0v) is 13.7. The van der Waals surface area contributed by atoms with E-state index in [0.717, 1.165) is 6.08 Å². The van der Waals surface area contributed by atoms with Gasteiger partial charge >= 0.3 is 5.97 Å². The highest BCUT2D eigenvalue weighted by Crippen LogP contribution is 2.53. The fourth-order valence-corrected chi connectivity index (χ4v) is 4.27. The number of quaternary nitrogens is 1. The Hall–Kier alpha value is -1.13. The summed E-state index contributed by atoms with van der Waals surface area (Å²) < 4.78 is 18.3. The third kappa shape index (κ3) is 5.88. The summed E-state index contributed by atoms with van der Waals surface area (Å²) in [6.45, 7) is 3.69. The van der Waals surface area contributed by atoms with Crippen LogP contribution in [-0.4, -0.2) is 55.8 Å². The van der Waals surface area contributed by atoms with Gasteiger partial charge < -0.3 is 14.6 Å². The van der Waals surface area contributed by atoms with Crippen LogP contribution in [0.2, 0.25) is 0 Å². The standard InChI is InChI=1S/C13H24NO5P/c1-6-11(19-13(17)9-8-12(15)16)10-20(18,7-2)14(3,4)5/h8-9,11H,6-7,10H2,1-5H3/b9-8-. The highest BCUT2D eigenvalue weighted by Gasteiger charge is 2.38. The zero-order valence-electron chi connectivity index (χ0n) is 12.8. The molecule has 0 spiro atoms. The largest absolute Gasteiger partial charge is 0.545 e. The lowest BCUT2D eigenvalue weighted by molar-refractivity contribution is -0.746. The summed E-state index contributed by atoms with van der Waals surface area (Å²) >= 11 is 0. The molecular formula is C13H24NO5P. The average molecular weight is 305 g/mol. The Labute approximate surface area is 120 Å². The molecule has 20 heavy (non-hydrogen) atoms. The van der Waals surface area contributed by atoms with Crippen molar-refractivity contribution >= 4 is 19.2 Å². The van der Waals surface area contributed by atoms with Crippen molar-refractivity contribution < 1.29 is 28.3 Å². The summed E-state index contributed by atoms with van der Waals surface area (Å²) in [5.41, 5.74) is 0. The number of ether oxygens (including phenoxy) is 1. The number of hydrogen-bond acceptors (Lipinski definition) is 5. The van der Waals surface area contributed by atoms with Crippen LogP contribution >= 0.6 is 7.29 Å². The first-order valence-corrected chi connectivity index (χ1v) is 8.58. The van der Waals surface area contributed by atoms with Crippen LogP contribution < -0.4 is 5.11 Å². The highest BCUT2D eigenvalue weighted by molar-refractivity contribution is 7.58. The van der Waals surface area contributed by atoms with Gasteiger partial charge in [-0.1, -0.05) is 13.8 Å². The first-order valence-electron chi connectivity index (χ1n) is 6.55. The number of esters is 1. The number of carboxylic acids is 1. The molecule has 0 saturated heterocycles. The molecule has 0 heterocycles. The predicted molar refractivity (Wildman–Crippen MR) is 75.4 cm³/mol. The smallest absolute Gasteiger partial charge is 0.331 e. The topological polar surface area (TPSA) is 83.5 Å². The first-order chi connectivity index (χ1) is 9.05. The number of aliphatic carboxylic acids is 1. The van der Waals surface area contributed by atoms with Crippen molar-refractivity contribution in [3.05, 3.63) is 12.2 Å². The van der Waals surface area contributed by atoms with Gasteiger partial charge in [0.1, 0.15) is 6.10 Å². The van der Waals surface area contributed by atoms with E-state index in [1.807, 2.05) is 35.0 Å². The number of carbonyl (C=O) groups excluding carboxylic acids is 2. The van der Waals surface area contributed by atoms with Gasteiger partial charge in [0.15, 0.2) is 0 Å². The monoisotopic (exact) mass is 305 g/mol. The first kappa shape index (κ1) is 18.9. The minimum atomic E-state index is -2.54. The van der Waals surface area contributed by atoms with Gasteiger partial charge in [-0.2, -0.15) is 0 Å². The molecule has 6 nitrogen and oxygen atoms in total. The Morgan fingerprint density at radius 2 is 1.80 bits per heavy atom. The van der Waals surface area contributed by atoms with E-state index in [1.165, 1.54) is 0 Å². The van der Waals surface area contributed by atoms with Gasteiger partial charge in [-0.05, 0) is 12.5 Å². The fourth-order valence-electron chi connectivity index (χ4n) is 1.71. The summed E-state index contributed by atoms with van der Waals surface area (Å²) in [6.07, 6.45) is 2.26. The molecule has 2 unspecified atom stereocenters. The lowest BCUT2D eigenvalue weighted by atomic mass is 10.3. The van der Waals surface area contributed by atoms with Gasteiger partial charge in [-0.3, -0.25) is 8.82 Å². The van der Waals surface area contributed by atoms with E-state index in [9.17, 15) is 19.3 Å². The third-order valence-corrected chi connectivity index (χ3v) is 7.32. The molecule has 0 aromatic carbocycles. The Kier molecular flexibility index (Phi) is 7.17. The van der Waals surface area contributed by atoms with E-state index in [0.29, 0.717) is 22.9 Å². The average Bonchev–Trinajstić information content (AvgIpc) is 2.33. The number of carbonyl (C=O) groups is 2. The molecule has 0 N–H and O–H groups in total. The maximum Gasteiger partial charge on any atom is 0.331 e. The van der Waals surface area contributed by atoms with E-state index >= 15 is 0 Å². The van der Waals surface area contributed by atoms with Crippen molar-refractivity contribution in [3.63, 3.8) is 0 Å². The normalized spacial score (nSPS) is 16.6. The second-order valence-corrected chi connectivity index (χ2v) is 9.30. The third-order valence-electron chi connectivity index (χ3n) is 3.17. The van der Waals surface area contributed by atoms with Crippen molar-refractivity contribution in [2.45, 2.75) is 26.4 Å². The SMILES string of the molecule is CCC(CP(=O)(CC)[N+](C)(C)C)OC(=O)/C=C\C(=O)[O-]. The summed E-state index contributed by atoms with van der Waals surface area (Å²) in [5, 5.41) is 10.2. The molecule has 0 aliphatic rings. The van der Waals surface area contributed by atoms with Crippen LogP contribution in [0.1, 0.15) is 20.3 Å². The molecule has 116 valence electrons. The van der Waals surface area contributed by atoms with Gasteiger partial charge in [-0.15, -0.1) is 0 Å². The van der Waals surface area contributed by atoms with Crippen molar-refractivity contribution in [1.29, 1.82) is 0 Å². The van der Waals surface area contributed by atoms with Gasteiger partial charge in [0, 0.05) is 12.2 Å². The maximum atomic E-state index is 12.9. The van der Waals surface area contributed by atoms with Crippen molar-refractivity contribution in [3.8, 4) is 0 Å². The maximum absolute atomic E-state index is 12.9. The number of nitrogens with zero attached hydrogens (tertiary/aromatic N) is 1. The lowest BCUT2D eigenvalue weighted by Gasteiger charge is -2.35. The number of hydrogen-bond donors (Lipinski definition) is 0. The van der Waals surface area contributed by atoms with Gasteiger partial charge in [-0.25, -0.2) is 4.79 Å². The Morgan fingerprint density at radius 1 is 1.25 bits per heavy atom. The van der Waals surface area contributed by atoms with E-state index in [4.69, 9.17) is 4.74 Å². The molecule has 2 atom stereocenters. The molecule has 0 aromatic rings. The second-order valence-electron chi connectivity index (χ2n) is 5.41. The molecule has 0 aromatic heterocycles. The second kappa shape index (κ2) is 7.60. The quantitative estimate of drug-likeness (QED) is 0.373. The van der Waals surface area contributed by atoms with E-state index in [1.54, 1.807) is 0 Å². The Morgan fingerprint density at radius 3 is 2.15 bits per heavy atom. The Balaban J connectivity index is 4.83. The van der Waals surface area contributed by atoms with E-state index in [2.05, 4.69) is 0 Å². The van der Waals surface area contributed by atoms with Gasteiger partial charge in [0.2, 0.25) is 0 Å². The summed E-state index contributed by atoms with van der Waals surface area (Å²) in [7, 11) is 3.02. The van der Waals surface area contributed by atoms with Crippen LogP contribution in [0.5, 0.6) is 0 Å². The molecule has 0 rings (SSSR count). The van der Waals surface area contributed by atoms with Crippen LogP contribution in [-0.2, 0) is 18.9 Å². The van der Waals surface area contributed by atoms with Crippen molar-refractivity contribution in [2.75, 3.05) is 33.5 Å². The van der Waals surface area contributed by atoms with Gasteiger partial charge in [0.25, 0.3) is 7.29 Å². The van der Waals surface area contributed by atoms with E-state index < -0.39 is 25.3 Å². The summed E-state index contributed by atoms with van der Waals surface area (Å²) in [5.74, 6) is -2.22. The van der Waals surface area contributed by atoms with Crippen LogP contribution in [0, 0.1) is 0 Å². The minimum absolute atomic E-state index is 0.286. The van der Waals surface area contributed by atoms with Gasteiger partial charge in [0.05, 0.1) is 33.3 Å². The minimum Gasteiger partial charge on any atom is -0.545 e. The van der Waals surface area contributed by atoms with Crippen molar-refractivity contribution in [1.82, 2.24) is 0 Å². The molecule has 0 amide bonds. The highest BCUT2D eigenvalue weighted by atomic mass is 31.2. The lowest BCUT2D eigenvalue weighted by Crippen LogP contribution is -2.36. The number of rotatable bonds is 8. The summed E-state index contributed by atoms with van der Waals surface area (Å²) in [6, 6.07) is 0. The molecule has 7 heteroatoms. The Bertz CT molecular complexity index is 425.